The Kier molecular flexibility index (Phi) is 132. The number of hydrogen-bond acceptors (Lipinski definition) is 26. The number of hydrogen-bond donors (Lipinski definition) is 26. The number of nitrogens with two attached hydrogens (primary N) is 18. The minimum atomic E-state index is -4.67. The topological polar surface area (TPSA) is 1250 Å². The maximum atomic E-state index is 8.74. The van der Waals surface area contributed by atoms with E-state index in [1.165, 1.54) is 0 Å². The zero-order valence-electron chi connectivity index (χ0n) is 36.5. The van der Waals surface area contributed by atoms with E-state index in [4.69, 9.17) is 245 Å². The molecule has 0 saturated heterocycles. The number of nitrogens with one attached hydrogen (secondary N) is 6. The third-order valence-corrected chi connectivity index (χ3v) is 1.50. The SMILES string of the molecule is N=C(N)N=C(N)N.N=C(N)N=C(N)N.N=C(N)N=C(N)N.N=C(N)N=C(N)N.N=C(N)N=C(N)N.N=C(N)N=C(N)N.O.O.O.O=S(=O)(O)O.O=[N+]([O-])[O-].O=[N+]([O-])[O-].O=[N+]([O-])[O-].O=[N+]([O-])[O-].O=[N+]([O-])[O-].O=[N+]([O-])[O-].[Mn+3].[Mn+3]. The third-order valence-electron chi connectivity index (χ3n) is 1.50. The molecule has 448 valence electrons. The normalized spacial score (nSPS) is 6.76. The Morgan fingerprint density at radius 3 is 0.329 bits per heavy atom. The van der Waals surface area contributed by atoms with E-state index >= 15 is 0 Å². The van der Waals surface area contributed by atoms with E-state index in [0.717, 1.165) is 0 Å². The fourth-order valence-electron chi connectivity index (χ4n) is 0.835. The molecule has 0 aliphatic rings. The molecule has 0 saturated carbocycles. The summed E-state index contributed by atoms with van der Waals surface area (Å²) in [6.45, 7) is 0. The second kappa shape index (κ2) is 83.4. The van der Waals surface area contributed by atoms with E-state index < -0.39 is 40.9 Å². The summed E-state index contributed by atoms with van der Waals surface area (Å²) in [6, 6.07) is 0. The predicted molar refractivity (Wildman–Crippen MR) is 254 cm³/mol. The molecule has 64 heteroatoms. The maximum absolute atomic E-state index is 8.74. The molecule has 0 aromatic carbocycles. The van der Waals surface area contributed by atoms with Gasteiger partial charge >= 0.3 is 44.5 Å². The Morgan fingerprint density at radius 1 is 0.289 bits per heavy atom. The van der Waals surface area contributed by atoms with Crippen LogP contribution < -0.4 is 103 Å². The van der Waals surface area contributed by atoms with Gasteiger partial charge in [-0.15, -0.1) is 0 Å². The van der Waals surface area contributed by atoms with E-state index in [2.05, 4.69) is 30.0 Å². The van der Waals surface area contributed by atoms with Crippen LogP contribution in [0.15, 0.2) is 30.0 Å². The summed E-state index contributed by atoms with van der Waals surface area (Å²) in [4.78, 5) is 68.2. The van der Waals surface area contributed by atoms with Gasteiger partial charge in [0.2, 0.25) is 35.8 Å². The van der Waals surface area contributed by atoms with E-state index in [1.807, 2.05) is 0 Å². The molecule has 0 aromatic heterocycles. The molecule has 0 bridgehead atoms. The zero-order valence-corrected chi connectivity index (χ0v) is 39.7. The monoisotopic (exact) mass is 1240 g/mol. The molecular weight excluding hydrogens is 1190 g/mol. The van der Waals surface area contributed by atoms with Crippen molar-refractivity contribution in [3.05, 3.63) is 91.9 Å². The summed E-state index contributed by atoms with van der Waals surface area (Å²) in [5, 5.41) is 127. The summed E-state index contributed by atoms with van der Waals surface area (Å²) in [5.74, 6) is -3.37. The smallest absolute Gasteiger partial charge is 0.412 e. The van der Waals surface area contributed by atoms with E-state index in [0.29, 0.717) is 0 Å². The quantitative estimate of drug-likeness (QED) is 0.0267. The van der Waals surface area contributed by atoms with Crippen LogP contribution in [0.2, 0.25) is 0 Å². The van der Waals surface area contributed by atoms with Crippen molar-refractivity contribution in [2.24, 2.45) is 133 Å². The van der Waals surface area contributed by atoms with Crippen molar-refractivity contribution in [3.63, 3.8) is 0 Å². The summed E-state index contributed by atoms with van der Waals surface area (Å²) in [6.07, 6.45) is 0. The molecule has 0 spiro atoms. The molecule has 61 nitrogen and oxygen atoms in total. The van der Waals surface area contributed by atoms with E-state index in [1.54, 1.807) is 0 Å². The molecule has 0 aliphatic heterocycles. The number of nitrogens with zero attached hydrogens (tertiary/aromatic N) is 12. The largest absolute Gasteiger partial charge is 3.00 e. The molecule has 0 amide bonds. The number of rotatable bonds is 0. The van der Waals surface area contributed by atoms with Crippen LogP contribution in [-0.4, -0.2) is 136 Å². The van der Waals surface area contributed by atoms with Gasteiger partial charge in [-0.25, -0.2) is 0 Å². The van der Waals surface area contributed by atoms with Crippen LogP contribution in [-0.2, 0) is 44.5 Å². The molecular formula is C12H50Mn2N36O25S. The van der Waals surface area contributed by atoms with E-state index in [9.17, 15) is 0 Å². The van der Waals surface area contributed by atoms with Gasteiger partial charge in [0.25, 0.3) is 0 Å². The Hall–Kier alpha value is -11.6. The van der Waals surface area contributed by atoms with Gasteiger partial charge in [-0.2, -0.15) is 38.4 Å². The van der Waals surface area contributed by atoms with Crippen LogP contribution in [0, 0.1) is 124 Å². The summed E-state index contributed by atoms with van der Waals surface area (Å²) >= 11 is 0. The van der Waals surface area contributed by atoms with Gasteiger partial charge in [0.15, 0.2) is 35.8 Å². The molecule has 0 aliphatic carbocycles. The molecule has 0 atom stereocenters. The van der Waals surface area contributed by atoms with Gasteiger partial charge in [-0.1, -0.05) is 0 Å². The second-order valence-electron chi connectivity index (χ2n) is 7.32. The van der Waals surface area contributed by atoms with Crippen molar-refractivity contribution >= 4 is 81.9 Å². The van der Waals surface area contributed by atoms with Crippen molar-refractivity contribution in [2.75, 3.05) is 0 Å². The molecule has 0 rings (SSSR count). The van der Waals surface area contributed by atoms with Crippen LogP contribution in [0.3, 0.4) is 0 Å². The summed E-state index contributed by atoms with van der Waals surface area (Å²) in [7, 11) is -4.67. The fourth-order valence-corrected chi connectivity index (χ4v) is 0.835. The molecule has 76 heavy (non-hydrogen) atoms. The Balaban J connectivity index is -0.0000000300. The van der Waals surface area contributed by atoms with Gasteiger partial charge in [-0.05, 0) is 0 Å². The first-order valence-electron chi connectivity index (χ1n) is 13.4. The van der Waals surface area contributed by atoms with Crippen molar-refractivity contribution in [1.29, 1.82) is 32.5 Å². The third kappa shape index (κ3) is 1520. The van der Waals surface area contributed by atoms with Crippen molar-refractivity contribution < 1.29 is 98.6 Å². The predicted octanol–water partition coefficient (Wildman–Crippen LogP) is -15.6. The van der Waals surface area contributed by atoms with Crippen LogP contribution >= 0.6 is 0 Å². The molecule has 50 N–H and O–H groups in total. The number of guanidine groups is 12. The Morgan fingerprint density at radius 2 is 0.329 bits per heavy atom. The Bertz CT molecular complexity index is 1560. The van der Waals surface area contributed by atoms with Gasteiger partial charge < -0.3 is 212 Å². The first kappa shape index (κ1) is 120. The average molecular weight is 1240 g/mol. The van der Waals surface area contributed by atoms with E-state index in [-0.39, 0.29) is 122 Å². The maximum Gasteiger partial charge on any atom is 3.00 e. The molecule has 0 unspecified atom stereocenters. The fraction of sp³-hybridized carbons (Fsp3) is 0. The summed E-state index contributed by atoms with van der Waals surface area (Å²) in [5.41, 5.74) is 86.0. The van der Waals surface area contributed by atoms with Crippen LogP contribution in [0.4, 0.5) is 0 Å². The van der Waals surface area contributed by atoms with Crippen LogP contribution in [0.5, 0.6) is 0 Å². The molecule has 0 radical (unpaired) electrons. The minimum Gasteiger partial charge on any atom is -0.412 e. The van der Waals surface area contributed by atoms with Crippen LogP contribution in [0.1, 0.15) is 0 Å². The molecule has 0 heterocycles. The minimum absolute atomic E-state index is 0. The average Bonchev–Trinajstić information content (AvgIpc) is 2.96. The Labute approximate surface area is 437 Å². The summed E-state index contributed by atoms with van der Waals surface area (Å²) < 4.78 is 31.6. The van der Waals surface area contributed by atoms with Gasteiger partial charge in [-0.3, -0.25) is 41.6 Å². The van der Waals surface area contributed by atoms with Gasteiger partial charge in [0.1, 0.15) is 0 Å². The van der Waals surface area contributed by atoms with Crippen molar-refractivity contribution in [2.45, 2.75) is 0 Å². The first-order chi connectivity index (χ1) is 31.1. The second-order valence-corrected chi connectivity index (χ2v) is 8.22. The molecule has 0 aromatic rings. The standard InChI is InChI=1S/6C2H7N5.2Mn.6NO3.H2O4S.3H2O/c6*3-1(4)7-2(5)6;;;6*2-1(3)4;1-5(2,3)4;;;/h6*(H7,3,4,5,6,7);;;;;;;;;(H2,1,2,3,4);3*1H2/q;;;;;;2*+3;6*-1;;;;. The van der Waals surface area contributed by atoms with Gasteiger partial charge in [0.05, 0.1) is 30.5 Å². The van der Waals surface area contributed by atoms with Gasteiger partial charge in [0, 0.05) is 0 Å². The van der Waals surface area contributed by atoms with Crippen molar-refractivity contribution in [3.8, 4) is 0 Å². The van der Waals surface area contributed by atoms with Crippen molar-refractivity contribution in [1.82, 2.24) is 0 Å². The van der Waals surface area contributed by atoms with Crippen LogP contribution in [0.25, 0.3) is 0 Å². The number of aliphatic imine (C=N–C) groups is 6. The zero-order chi connectivity index (χ0) is 61.1. The first-order valence-corrected chi connectivity index (χ1v) is 14.8. The molecule has 0 fully saturated rings.